The third-order valence-corrected chi connectivity index (χ3v) is 2.94. The Morgan fingerprint density at radius 2 is 2.29 bits per heavy atom. The number of hydrogen-bond acceptors (Lipinski definition) is 3. The van der Waals surface area contributed by atoms with Gasteiger partial charge in [0.25, 0.3) is 0 Å². The summed E-state index contributed by atoms with van der Waals surface area (Å²) in [5, 5.41) is 6.08. The molecule has 0 spiro atoms. The van der Waals surface area contributed by atoms with E-state index in [9.17, 15) is 4.79 Å². The molecule has 1 heterocycles. The van der Waals surface area contributed by atoms with Gasteiger partial charge in [0.05, 0.1) is 19.1 Å². The lowest BCUT2D eigenvalue weighted by molar-refractivity contribution is -0.119. The molecule has 0 aromatic heterocycles. The van der Waals surface area contributed by atoms with Crippen LogP contribution in [0.15, 0.2) is 24.3 Å². The lowest BCUT2D eigenvalue weighted by Crippen LogP contribution is -2.23. The van der Waals surface area contributed by atoms with Crippen LogP contribution in [0.25, 0.3) is 0 Å². The number of carbonyl (C=O) groups excluding carboxylic acids is 1. The lowest BCUT2D eigenvalue weighted by atomic mass is 10.1. The number of ether oxygens (including phenoxy) is 1. The summed E-state index contributed by atoms with van der Waals surface area (Å²) in [6.45, 7) is 1.56. The topological polar surface area (TPSA) is 50.4 Å². The second-order valence-corrected chi connectivity index (χ2v) is 4.21. The summed E-state index contributed by atoms with van der Waals surface area (Å²) >= 11 is 0. The monoisotopic (exact) mass is 234 g/mol. The average Bonchev–Trinajstić information content (AvgIpc) is 2.84. The number of para-hydroxylation sites is 1. The van der Waals surface area contributed by atoms with Crippen molar-refractivity contribution in [2.45, 2.75) is 18.9 Å². The van der Waals surface area contributed by atoms with E-state index in [0.29, 0.717) is 12.5 Å². The highest BCUT2D eigenvalue weighted by atomic mass is 16.5. The zero-order chi connectivity index (χ0) is 12.1. The van der Waals surface area contributed by atoms with E-state index >= 15 is 0 Å². The number of anilines is 1. The van der Waals surface area contributed by atoms with Crippen LogP contribution < -0.4 is 10.6 Å². The van der Waals surface area contributed by atoms with Gasteiger partial charge in [-0.2, -0.15) is 0 Å². The molecule has 1 amide bonds. The fourth-order valence-electron chi connectivity index (χ4n) is 1.94. The molecule has 0 radical (unpaired) electrons. The Morgan fingerprint density at radius 1 is 1.47 bits per heavy atom. The summed E-state index contributed by atoms with van der Waals surface area (Å²) in [7, 11) is 1.66. The van der Waals surface area contributed by atoms with Crippen molar-refractivity contribution in [1.29, 1.82) is 0 Å². The molecule has 1 unspecified atom stereocenters. The molecule has 0 bridgehead atoms. The molecule has 4 nitrogen and oxygen atoms in total. The van der Waals surface area contributed by atoms with Crippen LogP contribution in [-0.2, 0) is 16.0 Å². The summed E-state index contributed by atoms with van der Waals surface area (Å²) < 4.78 is 5.33. The minimum absolute atomic E-state index is 0.0296. The summed E-state index contributed by atoms with van der Waals surface area (Å²) in [6.07, 6.45) is 1.43. The van der Waals surface area contributed by atoms with Crippen LogP contribution >= 0.6 is 0 Å². The maximum absolute atomic E-state index is 11.4. The quantitative estimate of drug-likeness (QED) is 0.822. The van der Waals surface area contributed by atoms with Gasteiger partial charge in [-0.05, 0) is 18.1 Å². The Hall–Kier alpha value is -1.55. The van der Waals surface area contributed by atoms with E-state index in [2.05, 4.69) is 10.6 Å². The van der Waals surface area contributed by atoms with Gasteiger partial charge < -0.3 is 15.4 Å². The molecule has 1 aromatic carbocycles. The molecule has 4 heteroatoms. The average molecular weight is 234 g/mol. The van der Waals surface area contributed by atoms with Gasteiger partial charge in [-0.15, -0.1) is 0 Å². The molecular weight excluding hydrogens is 216 g/mol. The molecule has 2 N–H and O–H groups in total. The molecule has 2 rings (SSSR count). The summed E-state index contributed by atoms with van der Waals surface area (Å²) in [5.74, 6) is 0.0296. The van der Waals surface area contributed by atoms with Crippen molar-refractivity contribution in [1.82, 2.24) is 5.32 Å². The Bertz CT molecular complexity index is 387. The zero-order valence-electron chi connectivity index (χ0n) is 10.0. The van der Waals surface area contributed by atoms with Crippen LogP contribution in [0.3, 0.4) is 0 Å². The van der Waals surface area contributed by atoms with Crippen molar-refractivity contribution in [3.63, 3.8) is 0 Å². The van der Waals surface area contributed by atoms with Crippen LogP contribution in [0.2, 0.25) is 0 Å². The summed E-state index contributed by atoms with van der Waals surface area (Å²) in [6, 6.07) is 8.28. The number of nitrogens with one attached hydrogen (secondary N) is 2. The summed E-state index contributed by atoms with van der Waals surface area (Å²) in [4.78, 5) is 11.4. The molecular formula is C13H18N2O2. The van der Waals surface area contributed by atoms with Gasteiger partial charge in [-0.25, -0.2) is 0 Å². The van der Waals surface area contributed by atoms with Crippen molar-refractivity contribution in [3.05, 3.63) is 29.8 Å². The number of benzene rings is 1. The van der Waals surface area contributed by atoms with Crippen molar-refractivity contribution in [2.75, 3.05) is 25.6 Å². The second kappa shape index (κ2) is 5.68. The number of rotatable bonds is 4. The fraction of sp³-hybridized carbons (Fsp3) is 0.462. The maximum atomic E-state index is 11.4. The second-order valence-electron chi connectivity index (χ2n) is 4.21. The van der Waals surface area contributed by atoms with Gasteiger partial charge in [-0.1, -0.05) is 18.2 Å². The predicted octanol–water partition coefficient (Wildman–Crippen LogP) is 1.18. The van der Waals surface area contributed by atoms with Crippen LogP contribution in [0, 0.1) is 0 Å². The number of amides is 1. The van der Waals surface area contributed by atoms with Crippen molar-refractivity contribution in [3.8, 4) is 0 Å². The highest BCUT2D eigenvalue weighted by Gasteiger charge is 2.16. The van der Waals surface area contributed by atoms with Crippen molar-refractivity contribution >= 4 is 11.6 Å². The Balaban J connectivity index is 2.06. The standard InChI is InChI=1S/C13H18N2O2/c1-14-13(16)8-10-4-2-3-5-12(10)15-11-6-7-17-9-11/h2-5,11,15H,6-9H2,1H3,(H,14,16). The highest BCUT2D eigenvalue weighted by molar-refractivity contribution is 5.80. The molecule has 1 atom stereocenters. The van der Waals surface area contributed by atoms with Gasteiger partial charge in [0.2, 0.25) is 5.91 Å². The van der Waals surface area contributed by atoms with E-state index in [1.165, 1.54) is 0 Å². The molecule has 1 saturated heterocycles. The van der Waals surface area contributed by atoms with Gasteiger partial charge in [-0.3, -0.25) is 4.79 Å². The first-order valence-electron chi connectivity index (χ1n) is 5.92. The Morgan fingerprint density at radius 3 is 3.00 bits per heavy atom. The molecule has 17 heavy (non-hydrogen) atoms. The SMILES string of the molecule is CNC(=O)Cc1ccccc1NC1CCOC1. The molecule has 92 valence electrons. The van der Waals surface area contributed by atoms with Gasteiger partial charge in [0.1, 0.15) is 0 Å². The van der Waals surface area contributed by atoms with Crippen LogP contribution in [0.5, 0.6) is 0 Å². The van der Waals surface area contributed by atoms with E-state index in [1.54, 1.807) is 7.05 Å². The van der Waals surface area contributed by atoms with Crippen molar-refractivity contribution in [2.24, 2.45) is 0 Å². The Kier molecular flexibility index (Phi) is 3.98. The van der Waals surface area contributed by atoms with Gasteiger partial charge in [0, 0.05) is 19.3 Å². The minimum atomic E-state index is 0.0296. The van der Waals surface area contributed by atoms with Crippen LogP contribution in [-0.4, -0.2) is 32.2 Å². The van der Waals surface area contributed by atoms with E-state index in [0.717, 1.165) is 30.9 Å². The summed E-state index contributed by atoms with van der Waals surface area (Å²) in [5.41, 5.74) is 2.06. The van der Waals surface area contributed by atoms with E-state index in [-0.39, 0.29) is 5.91 Å². The van der Waals surface area contributed by atoms with Crippen LogP contribution in [0.1, 0.15) is 12.0 Å². The smallest absolute Gasteiger partial charge is 0.224 e. The van der Waals surface area contributed by atoms with Gasteiger partial charge >= 0.3 is 0 Å². The molecule has 1 aromatic rings. The maximum Gasteiger partial charge on any atom is 0.224 e. The molecule has 1 fully saturated rings. The predicted molar refractivity (Wildman–Crippen MR) is 67.1 cm³/mol. The van der Waals surface area contributed by atoms with Crippen molar-refractivity contribution < 1.29 is 9.53 Å². The minimum Gasteiger partial charge on any atom is -0.380 e. The zero-order valence-corrected chi connectivity index (χ0v) is 10.0. The molecule has 0 aliphatic carbocycles. The van der Waals surface area contributed by atoms with E-state index in [1.807, 2.05) is 24.3 Å². The fourth-order valence-corrected chi connectivity index (χ4v) is 1.94. The van der Waals surface area contributed by atoms with Gasteiger partial charge in [0.15, 0.2) is 0 Å². The van der Waals surface area contributed by atoms with Crippen LogP contribution in [0.4, 0.5) is 5.69 Å². The molecule has 1 aliphatic heterocycles. The lowest BCUT2D eigenvalue weighted by Gasteiger charge is -2.15. The highest BCUT2D eigenvalue weighted by Crippen LogP contribution is 2.19. The third kappa shape index (κ3) is 3.20. The first-order valence-corrected chi connectivity index (χ1v) is 5.92. The Labute approximate surface area is 101 Å². The van der Waals surface area contributed by atoms with E-state index < -0.39 is 0 Å². The number of carbonyl (C=O) groups is 1. The number of hydrogen-bond donors (Lipinski definition) is 2. The first-order chi connectivity index (χ1) is 8.29. The molecule has 0 saturated carbocycles. The third-order valence-electron chi connectivity index (χ3n) is 2.94. The number of likely N-dealkylation sites (N-methyl/N-ethyl adjacent to an activating group) is 1. The van der Waals surface area contributed by atoms with E-state index in [4.69, 9.17) is 4.74 Å². The largest absolute Gasteiger partial charge is 0.380 e. The first kappa shape index (κ1) is 11.9. The molecule has 1 aliphatic rings. The normalized spacial score (nSPS) is 19.0.